The summed E-state index contributed by atoms with van der Waals surface area (Å²) in [7, 11) is 1.57. The van der Waals surface area contributed by atoms with Gasteiger partial charge >= 0.3 is 0 Å². The quantitative estimate of drug-likeness (QED) is 0.848. The van der Waals surface area contributed by atoms with Crippen molar-refractivity contribution in [1.82, 2.24) is 15.0 Å². The summed E-state index contributed by atoms with van der Waals surface area (Å²) in [5.41, 5.74) is 6.96. The van der Waals surface area contributed by atoms with Crippen molar-refractivity contribution in [3.8, 4) is 11.5 Å². The van der Waals surface area contributed by atoms with Crippen LogP contribution in [0.15, 0.2) is 18.3 Å². The molecule has 0 aliphatic rings. The third-order valence-electron chi connectivity index (χ3n) is 2.18. The maximum atomic E-state index is 12.8. The molecule has 0 saturated heterocycles. The zero-order valence-corrected chi connectivity index (χ0v) is 11.7. The third-order valence-corrected chi connectivity index (χ3v) is 3.36. The van der Waals surface area contributed by atoms with Gasteiger partial charge in [-0.15, -0.1) is 0 Å². The number of ether oxygens (including phenoxy) is 1. The van der Waals surface area contributed by atoms with E-state index >= 15 is 0 Å². The van der Waals surface area contributed by atoms with E-state index in [9.17, 15) is 4.39 Å². The lowest BCUT2D eigenvalue weighted by molar-refractivity contribution is 0.181. The van der Waals surface area contributed by atoms with Gasteiger partial charge in [-0.25, -0.2) is 19.3 Å². The van der Waals surface area contributed by atoms with Gasteiger partial charge in [-0.3, -0.25) is 0 Å². The van der Waals surface area contributed by atoms with Crippen LogP contribution in [0.4, 0.5) is 10.2 Å². The van der Waals surface area contributed by atoms with Crippen LogP contribution >= 0.6 is 22.6 Å². The van der Waals surface area contributed by atoms with Crippen LogP contribution < -0.4 is 5.73 Å². The number of rotatable bonds is 3. The van der Waals surface area contributed by atoms with Crippen LogP contribution in [0.1, 0.15) is 5.69 Å². The number of nitrogens with two attached hydrogens (primary N) is 1. The highest BCUT2D eigenvalue weighted by molar-refractivity contribution is 14.1. The summed E-state index contributed by atoms with van der Waals surface area (Å²) in [5.74, 6) is 0.313. The lowest BCUT2D eigenvalue weighted by atomic mass is 10.3. The maximum Gasteiger partial charge on any atom is 0.180 e. The van der Waals surface area contributed by atoms with Crippen molar-refractivity contribution in [2.24, 2.45) is 0 Å². The van der Waals surface area contributed by atoms with Gasteiger partial charge in [-0.05, 0) is 34.7 Å². The fourth-order valence-electron chi connectivity index (χ4n) is 1.37. The van der Waals surface area contributed by atoms with Gasteiger partial charge in [0.05, 0.1) is 22.1 Å². The standard InChI is InChI=1S/C11H10FIN4O/c1-18-5-8-9(13)10(14)17-11(16-8)7-3-2-6(12)4-15-7/h2-4H,5H2,1H3,(H2,14,16,17). The Kier molecular flexibility index (Phi) is 4.02. The van der Waals surface area contributed by atoms with Crippen LogP contribution in [0.2, 0.25) is 0 Å². The molecule has 0 aromatic carbocycles. The van der Waals surface area contributed by atoms with Crippen LogP contribution in [0.5, 0.6) is 0 Å². The second-order valence-corrected chi connectivity index (χ2v) is 4.57. The summed E-state index contributed by atoms with van der Waals surface area (Å²) in [6, 6.07) is 2.81. The zero-order valence-electron chi connectivity index (χ0n) is 9.52. The molecule has 0 spiro atoms. The molecule has 0 saturated carbocycles. The molecule has 2 N–H and O–H groups in total. The van der Waals surface area contributed by atoms with Gasteiger partial charge in [-0.2, -0.15) is 0 Å². The molecule has 0 bridgehead atoms. The van der Waals surface area contributed by atoms with Gasteiger partial charge in [-0.1, -0.05) is 0 Å². The summed E-state index contributed by atoms with van der Waals surface area (Å²) in [5, 5.41) is 0. The van der Waals surface area contributed by atoms with Crippen molar-refractivity contribution in [2.45, 2.75) is 6.61 Å². The van der Waals surface area contributed by atoms with Gasteiger partial charge in [0.1, 0.15) is 17.3 Å². The summed E-state index contributed by atoms with van der Waals surface area (Å²) < 4.78 is 18.6. The van der Waals surface area contributed by atoms with E-state index in [1.807, 2.05) is 0 Å². The van der Waals surface area contributed by atoms with Crippen LogP contribution in [-0.2, 0) is 11.3 Å². The summed E-state index contributed by atoms with van der Waals surface area (Å²) in [6.45, 7) is 0.333. The lowest BCUT2D eigenvalue weighted by Crippen LogP contribution is -2.06. The first kappa shape index (κ1) is 13.1. The average Bonchev–Trinajstić information content (AvgIpc) is 2.36. The number of anilines is 1. The average molecular weight is 360 g/mol. The topological polar surface area (TPSA) is 73.9 Å². The highest BCUT2D eigenvalue weighted by atomic mass is 127. The number of hydrogen-bond acceptors (Lipinski definition) is 5. The molecule has 5 nitrogen and oxygen atoms in total. The molecular formula is C11H10FIN4O. The van der Waals surface area contributed by atoms with E-state index in [0.29, 0.717) is 29.6 Å². The van der Waals surface area contributed by atoms with E-state index in [0.717, 1.165) is 9.77 Å². The monoisotopic (exact) mass is 360 g/mol. The lowest BCUT2D eigenvalue weighted by Gasteiger charge is -2.07. The molecule has 18 heavy (non-hydrogen) atoms. The molecular weight excluding hydrogens is 350 g/mol. The number of methoxy groups -OCH3 is 1. The predicted octanol–water partition coefficient (Wildman–Crippen LogP) is 2.01. The van der Waals surface area contributed by atoms with E-state index < -0.39 is 5.82 Å². The molecule has 0 unspecified atom stereocenters. The second kappa shape index (κ2) is 5.53. The Balaban J connectivity index is 2.48. The van der Waals surface area contributed by atoms with Gasteiger partial charge in [0.2, 0.25) is 0 Å². The molecule has 0 amide bonds. The van der Waals surface area contributed by atoms with Crippen molar-refractivity contribution >= 4 is 28.4 Å². The molecule has 2 aromatic rings. The second-order valence-electron chi connectivity index (χ2n) is 3.49. The normalized spacial score (nSPS) is 10.6. The number of nitrogen functional groups attached to an aromatic ring is 1. The molecule has 2 heterocycles. The van der Waals surface area contributed by atoms with Crippen LogP contribution in [-0.4, -0.2) is 22.1 Å². The van der Waals surface area contributed by atoms with Crippen molar-refractivity contribution in [2.75, 3.05) is 12.8 Å². The number of aromatic nitrogens is 3. The van der Waals surface area contributed by atoms with E-state index in [-0.39, 0.29) is 0 Å². The van der Waals surface area contributed by atoms with E-state index in [2.05, 4.69) is 37.5 Å². The molecule has 2 rings (SSSR count). The first-order chi connectivity index (χ1) is 8.61. The Morgan fingerprint density at radius 2 is 2.17 bits per heavy atom. The van der Waals surface area contributed by atoms with Crippen molar-refractivity contribution in [3.63, 3.8) is 0 Å². The fraction of sp³-hybridized carbons (Fsp3) is 0.182. The number of pyridine rings is 1. The number of halogens is 2. The Labute approximate surface area is 117 Å². The van der Waals surface area contributed by atoms with E-state index in [1.54, 1.807) is 7.11 Å². The van der Waals surface area contributed by atoms with Crippen molar-refractivity contribution < 1.29 is 9.13 Å². The predicted molar refractivity (Wildman–Crippen MR) is 73.1 cm³/mol. The molecule has 94 valence electrons. The maximum absolute atomic E-state index is 12.8. The summed E-state index contributed by atoms with van der Waals surface area (Å²) in [4.78, 5) is 12.4. The first-order valence-electron chi connectivity index (χ1n) is 5.04. The molecule has 0 radical (unpaired) electrons. The highest BCUT2D eigenvalue weighted by Gasteiger charge is 2.12. The van der Waals surface area contributed by atoms with Gasteiger partial charge < -0.3 is 10.5 Å². The fourth-order valence-corrected chi connectivity index (χ4v) is 1.76. The molecule has 0 aliphatic heterocycles. The first-order valence-corrected chi connectivity index (χ1v) is 6.12. The summed E-state index contributed by atoms with van der Waals surface area (Å²) in [6.07, 6.45) is 1.11. The smallest absolute Gasteiger partial charge is 0.180 e. The molecule has 0 fully saturated rings. The minimum Gasteiger partial charge on any atom is -0.383 e. The van der Waals surface area contributed by atoms with Crippen molar-refractivity contribution in [1.29, 1.82) is 0 Å². The minimum atomic E-state index is -0.408. The Bertz CT molecular complexity index is 562. The van der Waals surface area contributed by atoms with Gasteiger partial charge in [0.15, 0.2) is 5.82 Å². The minimum absolute atomic E-state index is 0.333. The summed E-state index contributed by atoms with van der Waals surface area (Å²) >= 11 is 2.06. The molecule has 2 aromatic heterocycles. The SMILES string of the molecule is COCc1nc(-c2ccc(F)cn2)nc(N)c1I. The zero-order chi connectivity index (χ0) is 13.1. The van der Waals surface area contributed by atoms with Gasteiger partial charge in [0.25, 0.3) is 0 Å². The Morgan fingerprint density at radius 1 is 1.39 bits per heavy atom. The van der Waals surface area contributed by atoms with Crippen LogP contribution in [0, 0.1) is 9.39 Å². The highest BCUT2D eigenvalue weighted by Crippen LogP contribution is 2.21. The molecule has 0 atom stereocenters. The largest absolute Gasteiger partial charge is 0.383 e. The Hall–Kier alpha value is -1.35. The van der Waals surface area contributed by atoms with Crippen molar-refractivity contribution in [3.05, 3.63) is 33.4 Å². The van der Waals surface area contributed by atoms with E-state index in [4.69, 9.17) is 10.5 Å². The third kappa shape index (κ3) is 2.72. The molecule has 7 heteroatoms. The number of hydrogen-bond donors (Lipinski definition) is 1. The van der Waals surface area contributed by atoms with Crippen LogP contribution in [0.25, 0.3) is 11.5 Å². The Morgan fingerprint density at radius 3 is 2.78 bits per heavy atom. The van der Waals surface area contributed by atoms with E-state index in [1.165, 1.54) is 12.1 Å². The van der Waals surface area contributed by atoms with Crippen LogP contribution in [0.3, 0.4) is 0 Å². The van der Waals surface area contributed by atoms with Gasteiger partial charge in [0, 0.05) is 7.11 Å². The number of nitrogens with zero attached hydrogens (tertiary/aromatic N) is 3. The molecule has 0 aliphatic carbocycles.